The van der Waals surface area contributed by atoms with E-state index < -0.39 is 5.51 Å². The summed E-state index contributed by atoms with van der Waals surface area (Å²) in [6.45, 7) is 6.35. The molecule has 0 aliphatic carbocycles. The molecule has 2 aliphatic heterocycles. The van der Waals surface area contributed by atoms with Gasteiger partial charge in [0.2, 0.25) is 0 Å². The molecule has 1 aromatic heterocycles. The third-order valence-electron chi connectivity index (χ3n) is 5.66. The lowest BCUT2D eigenvalue weighted by atomic mass is 10.2. The standard InChI is InChI=1S/C23H27F3N4OS/c1-18-16-29(20-4-6-21(7-5-20)32-23(24,25)26)17-30(18)22(19-8-10-27-11-9-19)31-15-14-28-12-2-3-13-28/h4-11,16,22H,2-3,12-15,17H2,1H3. The Hall–Kier alpha value is -2.23. The van der Waals surface area contributed by atoms with Gasteiger partial charge in [-0.1, -0.05) is 0 Å². The number of anilines is 1. The molecule has 9 heteroatoms. The highest BCUT2D eigenvalue weighted by atomic mass is 32.2. The molecule has 0 radical (unpaired) electrons. The van der Waals surface area contributed by atoms with E-state index in [9.17, 15) is 13.2 Å². The number of likely N-dealkylation sites (tertiary alicyclic amines) is 1. The van der Waals surface area contributed by atoms with Crippen LogP contribution < -0.4 is 4.90 Å². The topological polar surface area (TPSA) is 31.8 Å². The van der Waals surface area contributed by atoms with E-state index in [1.54, 1.807) is 24.5 Å². The van der Waals surface area contributed by atoms with Crippen molar-refractivity contribution in [3.8, 4) is 0 Å². The fourth-order valence-corrected chi connectivity index (χ4v) is 4.60. The summed E-state index contributed by atoms with van der Waals surface area (Å²) in [7, 11) is 0. The summed E-state index contributed by atoms with van der Waals surface area (Å²) < 4.78 is 44.2. The van der Waals surface area contributed by atoms with Crippen molar-refractivity contribution in [2.45, 2.75) is 36.4 Å². The van der Waals surface area contributed by atoms with Crippen molar-refractivity contribution in [1.29, 1.82) is 0 Å². The van der Waals surface area contributed by atoms with Gasteiger partial charge >= 0.3 is 5.51 Å². The number of thioether (sulfide) groups is 1. The van der Waals surface area contributed by atoms with Crippen LogP contribution in [0.5, 0.6) is 0 Å². The lowest BCUT2D eigenvalue weighted by Gasteiger charge is -2.32. The predicted octanol–water partition coefficient (Wildman–Crippen LogP) is 5.45. The zero-order valence-electron chi connectivity index (χ0n) is 18.0. The maximum atomic E-state index is 12.6. The number of aromatic nitrogens is 1. The van der Waals surface area contributed by atoms with Gasteiger partial charge < -0.3 is 19.4 Å². The fraction of sp³-hybridized carbons (Fsp3) is 0.435. The molecule has 1 atom stereocenters. The van der Waals surface area contributed by atoms with Gasteiger partial charge in [-0.15, -0.1) is 0 Å². The van der Waals surface area contributed by atoms with Crippen LogP contribution >= 0.6 is 11.8 Å². The van der Waals surface area contributed by atoms with Gasteiger partial charge in [-0.3, -0.25) is 4.98 Å². The molecular formula is C23H27F3N4OS. The van der Waals surface area contributed by atoms with Gasteiger partial charge in [-0.05, 0) is 81.0 Å². The first-order chi connectivity index (χ1) is 15.4. The largest absolute Gasteiger partial charge is 0.446 e. The number of hydrogen-bond donors (Lipinski definition) is 0. The molecule has 32 heavy (non-hydrogen) atoms. The van der Waals surface area contributed by atoms with Crippen LogP contribution in [0, 0.1) is 0 Å². The summed E-state index contributed by atoms with van der Waals surface area (Å²) in [5.74, 6) is 0. The van der Waals surface area contributed by atoms with Crippen LogP contribution in [0.2, 0.25) is 0 Å². The monoisotopic (exact) mass is 464 g/mol. The summed E-state index contributed by atoms with van der Waals surface area (Å²) >= 11 is -0.0996. The molecular weight excluding hydrogens is 437 g/mol. The molecule has 0 spiro atoms. The molecule has 0 N–H and O–H groups in total. The van der Waals surface area contributed by atoms with E-state index in [4.69, 9.17) is 4.74 Å². The molecule has 1 fully saturated rings. The van der Waals surface area contributed by atoms with Crippen LogP contribution in [0.15, 0.2) is 65.6 Å². The van der Waals surface area contributed by atoms with E-state index in [0.717, 1.165) is 36.6 Å². The molecule has 5 nitrogen and oxygen atoms in total. The normalized spacial score (nSPS) is 18.3. The van der Waals surface area contributed by atoms with E-state index in [0.29, 0.717) is 13.3 Å². The molecule has 1 aromatic carbocycles. The lowest BCUT2D eigenvalue weighted by molar-refractivity contribution is -0.0465. The maximum absolute atomic E-state index is 12.6. The Morgan fingerprint density at radius 2 is 1.75 bits per heavy atom. The van der Waals surface area contributed by atoms with Crippen molar-refractivity contribution in [3.63, 3.8) is 0 Å². The van der Waals surface area contributed by atoms with Crippen molar-refractivity contribution in [3.05, 3.63) is 66.3 Å². The van der Waals surface area contributed by atoms with E-state index in [1.807, 2.05) is 30.2 Å². The fourth-order valence-electron chi connectivity index (χ4n) is 4.06. The molecule has 1 unspecified atom stereocenters. The zero-order chi connectivity index (χ0) is 22.6. The maximum Gasteiger partial charge on any atom is 0.446 e. The number of ether oxygens (including phenoxy) is 1. The van der Waals surface area contributed by atoms with Crippen LogP contribution in [-0.2, 0) is 4.74 Å². The first-order valence-electron chi connectivity index (χ1n) is 10.7. The zero-order valence-corrected chi connectivity index (χ0v) is 18.8. The SMILES string of the molecule is CC1=CN(c2ccc(SC(F)(F)F)cc2)CN1C(OCCN1CCCC1)c1ccncc1. The minimum atomic E-state index is -4.29. The van der Waals surface area contributed by atoms with Crippen LogP contribution in [0.25, 0.3) is 0 Å². The first kappa shape index (κ1) is 22.9. The van der Waals surface area contributed by atoms with Crippen molar-refractivity contribution in [2.75, 3.05) is 37.8 Å². The Morgan fingerprint density at radius 1 is 1.06 bits per heavy atom. The third kappa shape index (κ3) is 5.96. The number of benzene rings is 1. The summed E-state index contributed by atoms with van der Waals surface area (Å²) in [6.07, 6.45) is 7.76. The van der Waals surface area contributed by atoms with Crippen LogP contribution in [0.1, 0.15) is 31.6 Å². The van der Waals surface area contributed by atoms with Gasteiger partial charge in [0.1, 0.15) is 0 Å². The Balaban J connectivity index is 1.44. The van der Waals surface area contributed by atoms with Crippen LogP contribution in [-0.4, -0.2) is 53.2 Å². The van der Waals surface area contributed by atoms with Crippen molar-refractivity contribution in [1.82, 2.24) is 14.8 Å². The Bertz CT molecular complexity index is 902. The van der Waals surface area contributed by atoms with Gasteiger partial charge in [0.25, 0.3) is 0 Å². The number of hydrogen-bond acceptors (Lipinski definition) is 6. The average molecular weight is 465 g/mol. The van der Waals surface area contributed by atoms with Crippen LogP contribution in [0.4, 0.5) is 18.9 Å². The number of pyridine rings is 1. The Kier molecular flexibility index (Phi) is 7.27. The Labute approximate surface area is 190 Å². The van der Waals surface area contributed by atoms with Gasteiger partial charge in [0.15, 0.2) is 6.23 Å². The van der Waals surface area contributed by atoms with Crippen molar-refractivity contribution >= 4 is 17.4 Å². The third-order valence-corrected chi connectivity index (χ3v) is 6.40. The van der Waals surface area contributed by atoms with E-state index in [1.165, 1.54) is 25.0 Å². The quantitative estimate of drug-likeness (QED) is 0.484. The highest BCUT2D eigenvalue weighted by Crippen LogP contribution is 2.38. The molecule has 0 saturated carbocycles. The summed E-state index contributed by atoms with van der Waals surface area (Å²) in [5.41, 5.74) is -1.40. The molecule has 2 aromatic rings. The highest BCUT2D eigenvalue weighted by Gasteiger charge is 2.30. The van der Waals surface area contributed by atoms with Gasteiger partial charge in [-0.25, -0.2) is 0 Å². The number of rotatable bonds is 8. The van der Waals surface area contributed by atoms with E-state index in [-0.39, 0.29) is 22.9 Å². The van der Waals surface area contributed by atoms with Crippen LogP contribution in [0.3, 0.4) is 0 Å². The van der Waals surface area contributed by atoms with Gasteiger partial charge in [0, 0.05) is 47.0 Å². The van der Waals surface area contributed by atoms with E-state index in [2.05, 4.69) is 14.8 Å². The number of nitrogens with zero attached hydrogens (tertiary/aromatic N) is 4. The number of halogens is 3. The summed E-state index contributed by atoms with van der Waals surface area (Å²) in [5, 5.41) is 0. The number of alkyl halides is 3. The second kappa shape index (κ2) is 10.1. The van der Waals surface area contributed by atoms with Crippen molar-refractivity contribution in [2.24, 2.45) is 0 Å². The minimum Gasteiger partial charge on any atom is -0.353 e. The summed E-state index contributed by atoms with van der Waals surface area (Å²) in [4.78, 5) is 10.9. The second-order valence-corrected chi connectivity index (χ2v) is 9.08. The van der Waals surface area contributed by atoms with Gasteiger partial charge in [-0.2, -0.15) is 13.2 Å². The predicted molar refractivity (Wildman–Crippen MR) is 120 cm³/mol. The first-order valence-corrected chi connectivity index (χ1v) is 11.5. The molecule has 3 heterocycles. The van der Waals surface area contributed by atoms with Crippen molar-refractivity contribution < 1.29 is 17.9 Å². The lowest BCUT2D eigenvalue weighted by Crippen LogP contribution is -2.34. The number of allylic oxidation sites excluding steroid dienone is 1. The average Bonchev–Trinajstić information content (AvgIpc) is 3.41. The molecule has 0 bridgehead atoms. The molecule has 0 amide bonds. The molecule has 2 aliphatic rings. The van der Waals surface area contributed by atoms with E-state index >= 15 is 0 Å². The highest BCUT2D eigenvalue weighted by molar-refractivity contribution is 8.00. The summed E-state index contributed by atoms with van der Waals surface area (Å²) in [6, 6.07) is 10.4. The molecule has 4 rings (SSSR count). The smallest absolute Gasteiger partial charge is 0.353 e. The second-order valence-electron chi connectivity index (χ2n) is 7.95. The minimum absolute atomic E-state index is 0.0996. The van der Waals surface area contributed by atoms with Gasteiger partial charge in [0.05, 0.1) is 13.3 Å². The molecule has 1 saturated heterocycles. The molecule has 172 valence electrons. The Morgan fingerprint density at radius 3 is 2.41 bits per heavy atom.